The van der Waals surface area contributed by atoms with E-state index in [1.807, 2.05) is 30.3 Å². The molecule has 2 heterocycles. The van der Waals surface area contributed by atoms with Gasteiger partial charge in [-0.05, 0) is 55.3 Å². The first-order valence-corrected chi connectivity index (χ1v) is 11.5. The number of rotatable bonds is 6. The van der Waals surface area contributed by atoms with Gasteiger partial charge in [-0.3, -0.25) is 0 Å². The number of furan rings is 1. The van der Waals surface area contributed by atoms with E-state index in [1.54, 1.807) is 13.4 Å². The predicted octanol–water partition coefficient (Wildman–Crippen LogP) is 3.95. The van der Waals surface area contributed by atoms with E-state index in [0.717, 1.165) is 74.6 Å². The second-order valence-electron chi connectivity index (χ2n) is 9.28. The van der Waals surface area contributed by atoms with Crippen molar-refractivity contribution in [3.05, 3.63) is 66.1 Å². The maximum atomic E-state index is 12.3. The van der Waals surface area contributed by atoms with Crippen molar-refractivity contribution < 1.29 is 14.3 Å². The van der Waals surface area contributed by atoms with Crippen LogP contribution in [0.25, 0.3) is 0 Å². The largest absolute Gasteiger partial charge is 0.497 e. The molecule has 31 heavy (non-hydrogen) atoms. The van der Waals surface area contributed by atoms with Crippen molar-refractivity contribution in [2.75, 3.05) is 46.9 Å². The SMILES string of the molecule is C=C1C(c2ccco2)CCCC(CN2CCN(C)CC2)C1(O)Cc1cccc(OC)c1. The summed E-state index contributed by atoms with van der Waals surface area (Å²) in [7, 11) is 3.86. The van der Waals surface area contributed by atoms with Crippen LogP contribution in [0.15, 0.2) is 59.2 Å². The summed E-state index contributed by atoms with van der Waals surface area (Å²) in [6, 6.07) is 12.0. The van der Waals surface area contributed by atoms with E-state index in [2.05, 4.69) is 29.5 Å². The Labute approximate surface area is 186 Å². The molecule has 2 aliphatic rings. The van der Waals surface area contributed by atoms with E-state index < -0.39 is 5.60 Å². The topological polar surface area (TPSA) is 49.1 Å². The fraction of sp³-hybridized carbons (Fsp3) is 0.538. The van der Waals surface area contributed by atoms with Crippen LogP contribution >= 0.6 is 0 Å². The zero-order valence-electron chi connectivity index (χ0n) is 18.9. The Morgan fingerprint density at radius 3 is 2.68 bits per heavy atom. The lowest BCUT2D eigenvalue weighted by Crippen LogP contribution is -2.51. The van der Waals surface area contributed by atoms with Gasteiger partial charge in [-0.25, -0.2) is 0 Å². The molecule has 3 atom stereocenters. The molecule has 168 valence electrons. The van der Waals surface area contributed by atoms with Gasteiger partial charge in [0.1, 0.15) is 11.5 Å². The summed E-state index contributed by atoms with van der Waals surface area (Å²) in [6.45, 7) is 9.66. The fourth-order valence-corrected chi connectivity index (χ4v) is 5.28. The van der Waals surface area contributed by atoms with Crippen LogP contribution in [-0.4, -0.2) is 67.4 Å². The van der Waals surface area contributed by atoms with E-state index >= 15 is 0 Å². The van der Waals surface area contributed by atoms with Gasteiger partial charge in [0.25, 0.3) is 0 Å². The van der Waals surface area contributed by atoms with Crippen molar-refractivity contribution in [2.45, 2.75) is 37.2 Å². The van der Waals surface area contributed by atoms with Crippen LogP contribution in [0.1, 0.15) is 36.5 Å². The Kier molecular flexibility index (Phi) is 6.85. The van der Waals surface area contributed by atoms with Gasteiger partial charge in [-0.2, -0.15) is 0 Å². The minimum atomic E-state index is -0.996. The maximum absolute atomic E-state index is 12.3. The van der Waals surface area contributed by atoms with Crippen LogP contribution in [0.2, 0.25) is 0 Å². The van der Waals surface area contributed by atoms with Gasteiger partial charge in [0.05, 0.1) is 19.0 Å². The van der Waals surface area contributed by atoms with Gasteiger partial charge in [-0.1, -0.05) is 25.1 Å². The first kappa shape index (κ1) is 22.1. The standard InChI is InChI=1S/C26H36N2O3/c1-20-24(25-11-6-16-31-25)10-5-8-22(19-28-14-12-27(2)13-15-28)26(20,29)18-21-7-4-9-23(17-21)30-3/h4,6-7,9,11,16-17,22,24,29H,1,5,8,10,12-15,18-19H2,2-3H3. The van der Waals surface area contributed by atoms with Crippen LogP contribution in [0.4, 0.5) is 0 Å². The van der Waals surface area contributed by atoms with E-state index in [9.17, 15) is 5.11 Å². The summed E-state index contributed by atoms with van der Waals surface area (Å²) >= 11 is 0. The Hall–Kier alpha value is -2.08. The van der Waals surface area contributed by atoms with E-state index in [-0.39, 0.29) is 11.8 Å². The van der Waals surface area contributed by atoms with Crippen LogP contribution in [0, 0.1) is 5.92 Å². The van der Waals surface area contributed by atoms with Crippen LogP contribution in [0.3, 0.4) is 0 Å². The van der Waals surface area contributed by atoms with Gasteiger partial charge in [0.2, 0.25) is 0 Å². The van der Waals surface area contributed by atoms with E-state index in [1.165, 1.54) is 0 Å². The van der Waals surface area contributed by atoms with Crippen molar-refractivity contribution >= 4 is 0 Å². The lowest BCUT2D eigenvalue weighted by molar-refractivity contribution is -0.00844. The number of nitrogens with zero attached hydrogens (tertiary/aromatic N) is 2. The molecule has 5 nitrogen and oxygen atoms in total. The summed E-state index contributed by atoms with van der Waals surface area (Å²) in [5, 5.41) is 12.3. The van der Waals surface area contributed by atoms with Crippen LogP contribution in [-0.2, 0) is 6.42 Å². The number of aliphatic hydroxyl groups is 1. The third-order valence-electron chi connectivity index (χ3n) is 7.27. The molecule has 1 aliphatic carbocycles. The highest BCUT2D eigenvalue weighted by Gasteiger charge is 2.45. The zero-order chi connectivity index (χ0) is 21.8. The molecule has 0 bridgehead atoms. The van der Waals surface area contributed by atoms with Crippen molar-refractivity contribution in [3.63, 3.8) is 0 Å². The third-order valence-corrected chi connectivity index (χ3v) is 7.27. The Morgan fingerprint density at radius 1 is 1.16 bits per heavy atom. The number of hydrogen-bond acceptors (Lipinski definition) is 5. The molecule has 1 saturated carbocycles. The second-order valence-corrected chi connectivity index (χ2v) is 9.28. The molecule has 0 radical (unpaired) electrons. The summed E-state index contributed by atoms with van der Waals surface area (Å²) in [6.07, 6.45) is 5.27. The lowest BCUT2D eigenvalue weighted by Gasteiger charge is -2.42. The Bertz CT molecular complexity index is 857. The van der Waals surface area contributed by atoms with Gasteiger partial charge < -0.3 is 24.1 Å². The summed E-state index contributed by atoms with van der Waals surface area (Å²) in [5.74, 6) is 1.91. The molecule has 1 aromatic carbocycles. The molecule has 2 fully saturated rings. The van der Waals surface area contributed by atoms with E-state index in [0.29, 0.717) is 6.42 Å². The molecule has 1 N–H and O–H groups in total. The highest BCUT2D eigenvalue weighted by Crippen LogP contribution is 2.46. The minimum Gasteiger partial charge on any atom is -0.497 e. The number of benzene rings is 1. The minimum absolute atomic E-state index is 0.0445. The molecule has 4 rings (SSSR count). The normalized spacial score (nSPS) is 28.4. The van der Waals surface area contributed by atoms with Crippen LogP contribution < -0.4 is 4.74 Å². The molecular weight excluding hydrogens is 388 g/mol. The van der Waals surface area contributed by atoms with Crippen molar-refractivity contribution in [1.29, 1.82) is 0 Å². The molecule has 1 aromatic heterocycles. The highest BCUT2D eigenvalue weighted by atomic mass is 16.5. The molecule has 5 heteroatoms. The molecule has 2 aromatic rings. The van der Waals surface area contributed by atoms with Crippen molar-refractivity contribution in [1.82, 2.24) is 9.80 Å². The van der Waals surface area contributed by atoms with Gasteiger partial charge in [0, 0.05) is 51.0 Å². The van der Waals surface area contributed by atoms with Crippen molar-refractivity contribution in [2.24, 2.45) is 5.92 Å². The Balaban J connectivity index is 1.63. The molecule has 0 spiro atoms. The van der Waals surface area contributed by atoms with Crippen LogP contribution in [0.5, 0.6) is 5.75 Å². The van der Waals surface area contributed by atoms with E-state index in [4.69, 9.17) is 9.15 Å². The highest BCUT2D eigenvalue weighted by molar-refractivity contribution is 5.35. The van der Waals surface area contributed by atoms with Gasteiger partial charge in [-0.15, -0.1) is 0 Å². The maximum Gasteiger partial charge on any atom is 0.119 e. The number of likely N-dealkylation sites (N-methyl/N-ethyl adjacent to an activating group) is 1. The fourth-order valence-electron chi connectivity index (χ4n) is 5.28. The summed E-state index contributed by atoms with van der Waals surface area (Å²) in [5.41, 5.74) is 0.970. The van der Waals surface area contributed by atoms with Crippen molar-refractivity contribution in [3.8, 4) is 5.75 Å². The molecular formula is C26H36N2O3. The number of piperazine rings is 1. The Morgan fingerprint density at radius 2 is 1.97 bits per heavy atom. The van der Waals surface area contributed by atoms with Gasteiger partial charge in [0.15, 0.2) is 0 Å². The van der Waals surface area contributed by atoms with Gasteiger partial charge >= 0.3 is 0 Å². The third kappa shape index (κ3) is 4.89. The average molecular weight is 425 g/mol. The predicted molar refractivity (Wildman–Crippen MR) is 124 cm³/mol. The zero-order valence-corrected chi connectivity index (χ0v) is 18.9. The average Bonchev–Trinajstić information content (AvgIpc) is 3.28. The summed E-state index contributed by atoms with van der Waals surface area (Å²) < 4.78 is 11.2. The second kappa shape index (κ2) is 9.60. The quantitative estimate of drug-likeness (QED) is 0.562. The molecule has 1 aliphatic heterocycles. The summed E-state index contributed by atoms with van der Waals surface area (Å²) in [4.78, 5) is 4.89. The molecule has 1 saturated heterocycles. The number of ether oxygens (including phenoxy) is 1. The molecule has 3 unspecified atom stereocenters. The number of hydrogen-bond donors (Lipinski definition) is 1. The smallest absolute Gasteiger partial charge is 0.119 e. The lowest BCUT2D eigenvalue weighted by atomic mass is 9.73. The number of methoxy groups -OCH3 is 1. The molecule has 0 amide bonds. The monoisotopic (exact) mass is 424 g/mol. The first-order valence-electron chi connectivity index (χ1n) is 11.5. The first-order chi connectivity index (χ1) is 15.0.